The molecule has 0 aliphatic carbocycles. The van der Waals surface area contributed by atoms with E-state index < -0.39 is 6.03 Å². The van der Waals surface area contributed by atoms with E-state index in [2.05, 4.69) is 26.1 Å². The van der Waals surface area contributed by atoms with Crippen LogP contribution in [0, 0.1) is 6.92 Å². The van der Waals surface area contributed by atoms with Crippen molar-refractivity contribution in [2.45, 2.75) is 33.1 Å². The third-order valence-electron chi connectivity index (χ3n) is 5.67. The van der Waals surface area contributed by atoms with Crippen LogP contribution in [0.4, 0.5) is 16.3 Å². The van der Waals surface area contributed by atoms with Crippen LogP contribution in [0.2, 0.25) is 0 Å². The average molecular weight is 520 g/mol. The van der Waals surface area contributed by atoms with E-state index in [0.29, 0.717) is 52.3 Å². The van der Waals surface area contributed by atoms with E-state index in [4.69, 9.17) is 9.26 Å². The maximum Gasteiger partial charge on any atom is 0.324 e. The first kappa shape index (κ1) is 26.7. The number of amides is 3. The van der Waals surface area contributed by atoms with Crippen LogP contribution in [-0.4, -0.2) is 58.6 Å². The number of benzene rings is 1. The third-order valence-corrected chi connectivity index (χ3v) is 5.67. The normalized spacial score (nSPS) is 11.6. The molecule has 200 valence electrons. The predicted molar refractivity (Wildman–Crippen MR) is 145 cm³/mol. The second kappa shape index (κ2) is 10.9. The second-order valence-corrected chi connectivity index (χ2v) is 10.2. The number of pyridine rings is 1. The number of hydrogen-bond donors (Lipinski definition) is 3. The highest BCUT2D eigenvalue weighted by molar-refractivity contribution is 5.99. The number of nitrogens with one attached hydrogen (secondary N) is 3. The molecule has 3 N–H and O–H groups in total. The smallest absolute Gasteiger partial charge is 0.324 e. The summed E-state index contributed by atoms with van der Waals surface area (Å²) in [4.78, 5) is 31.5. The van der Waals surface area contributed by atoms with Crippen molar-refractivity contribution in [1.29, 1.82) is 0 Å². The zero-order valence-corrected chi connectivity index (χ0v) is 22.5. The van der Waals surface area contributed by atoms with Crippen LogP contribution in [0.5, 0.6) is 11.5 Å². The molecule has 0 radical (unpaired) electrons. The molecule has 0 bridgehead atoms. The Bertz CT molecular complexity index is 1430. The Hall–Kier alpha value is -4.38. The molecular formula is C27H33N7O4. The van der Waals surface area contributed by atoms with Crippen molar-refractivity contribution in [3.8, 4) is 11.5 Å². The van der Waals surface area contributed by atoms with Gasteiger partial charge >= 0.3 is 6.03 Å². The lowest BCUT2D eigenvalue weighted by atomic mass is 9.93. The number of nitrogens with zero attached hydrogens (tertiary/aromatic N) is 4. The van der Waals surface area contributed by atoms with Gasteiger partial charge in [-0.05, 0) is 51.4 Å². The Kier molecular flexibility index (Phi) is 7.67. The van der Waals surface area contributed by atoms with Gasteiger partial charge in [-0.15, -0.1) is 0 Å². The van der Waals surface area contributed by atoms with E-state index in [0.717, 1.165) is 6.54 Å². The van der Waals surface area contributed by atoms with E-state index >= 15 is 0 Å². The monoisotopic (exact) mass is 519 g/mol. The number of ether oxygens (including phenoxy) is 1. The molecule has 3 aromatic heterocycles. The largest absolute Gasteiger partial charge is 0.457 e. The first-order valence-corrected chi connectivity index (χ1v) is 12.2. The van der Waals surface area contributed by atoms with Gasteiger partial charge in [-0.2, -0.15) is 0 Å². The van der Waals surface area contributed by atoms with Crippen LogP contribution in [0.15, 0.2) is 53.2 Å². The SMILES string of the molecule is Cc1nc2cc(Oc3ccc(NC(=O)Nc4cc(C(C)(C)C)on4)cc3)ccn2c1C(=O)NCCN(C)C. The minimum atomic E-state index is -0.436. The molecule has 0 aliphatic heterocycles. The Morgan fingerprint density at radius 2 is 1.79 bits per heavy atom. The molecule has 0 unspecified atom stereocenters. The number of carbonyl (C=O) groups excluding carboxylic acids is 2. The Balaban J connectivity index is 1.37. The molecule has 11 heteroatoms. The first-order valence-electron chi connectivity index (χ1n) is 12.2. The van der Waals surface area contributed by atoms with Gasteiger partial charge in [-0.25, -0.2) is 9.78 Å². The number of fused-ring (bicyclic) bond motifs is 1. The fraction of sp³-hybridized carbons (Fsp3) is 0.333. The maximum atomic E-state index is 12.7. The highest BCUT2D eigenvalue weighted by Crippen LogP contribution is 2.26. The van der Waals surface area contributed by atoms with Gasteiger partial charge in [-0.1, -0.05) is 25.9 Å². The minimum absolute atomic E-state index is 0.171. The van der Waals surface area contributed by atoms with Gasteiger partial charge in [0.15, 0.2) is 5.82 Å². The standard InChI is InChI=1S/C27H33N7O4/c1-17-24(25(35)28-12-14-33(5)6)34-13-11-20(15-23(34)29-17)37-19-9-7-18(8-10-19)30-26(36)31-22-16-21(38-32-22)27(2,3)4/h7-11,13,15-16H,12,14H2,1-6H3,(H,28,35)(H2,30,31,32,36). The van der Waals surface area contributed by atoms with Gasteiger partial charge in [0.25, 0.3) is 5.91 Å². The molecule has 4 rings (SSSR count). The molecule has 0 spiro atoms. The highest BCUT2D eigenvalue weighted by atomic mass is 16.5. The van der Waals surface area contributed by atoms with Crippen LogP contribution < -0.4 is 20.7 Å². The van der Waals surface area contributed by atoms with Crippen LogP contribution in [0.1, 0.15) is 42.7 Å². The average Bonchev–Trinajstić information content (AvgIpc) is 3.43. The summed E-state index contributed by atoms with van der Waals surface area (Å²) < 4.78 is 13.0. The number of aryl methyl sites for hydroxylation is 1. The van der Waals surface area contributed by atoms with Crippen molar-refractivity contribution in [3.63, 3.8) is 0 Å². The minimum Gasteiger partial charge on any atom is -0.457 e. The zero-order chi connectivity index (χ0) is 27.4. The number of urea groups is 1. The van der Waals surface area contributed by atoms with Crippen LogP contribution in [0.25, 0.3) is 5.65 Å². The fourth-order valence-corrected chi connectivity index (χ4v) is 3.67. The van der Waals surface area contributed by atoms with Crippen molar-refractivity contribution in [2.24, 2.45) is 0 Å². The summed E-state index contributed by atoms with van der Waals surface area (Å²) in [5, 5.41) is 12.2. The highest BCUT2D eigenvalue weighted by Gasteiger charge is 2.20. The first-order chi connectivity index (χ1) is 18.0. The molecule has 0 fully saturated rings. The summed E-state index contributed by atoms with van der Waals surface area (Å²) in [6.45, 7) is 9.10. The molecule has 38 heavy (non-hydrogen) atoms. The number of imidazole rings is 1. The summed E-state index contributed by atoms with van der Waals surface area (Å²) in [7, 11) is 3.91. The summed E-state index contributed by atoms with van der Waals surface area (Å²) in [5.74, 6) is 2.00. The molecule has 0 saturated heterocycles. The Morgan fingerprint density at radius 3 is 2.45 bits per heavy atom. The van der Waals surface area contributed by atoms with E-state index in [-0.39, 0.29) is 11.3 Å². The van der Waals surface area contributed by atoms with Gasteiger partial charge in [-0.3, -0.25) is 14.5 Å². The van der Waals surface area contributed by atoms with E-state index in [1.54, 1.807) is 53.1 Å². The summed E-state index contributed by atoms with van der Waals surface area (Å²) in [5.41, 5.74) is 2.12. The molecule has 3 amide bonds. The number of hydrogen-bond acceptors (Lipinski definition) is 7. The van der Waals surface area contributed by atoms with Crippen LogP contribution in [-0.2, 0) is 5.41 Å². The van der Waals surface area contributed by atoms with Crippen LogP contribution >= 0.6 is 0 Å². The van der Waals surface area contributed by atoms with Crippen molar-refractivity contribution in [3.05, 3.63) is 65.8 Å². The molecule has 1 aromatic carbocycles. The van der Waals surface area contributed by atoms with Crippen molar-refractivity contribution in [1.82, 2.24) is 24.8 Å². The number of rotatable bonds is 8. The number of aromatic nitrogens is 3. The molecule has 0 aliphatic rings. The summed E-state index contributed by atoms with van der Waals surface area (Å²) >= 11 is 0. The van der Waals surface area contributed by atoms with Gasteiger partial charge < -0.3 is 24.8 Å². The lowest BCUT2D eigenvalue weighted by molar-refractivity contribution is 0.0944. The molecule has 11 nitrogen and oxygen atoms in total. The van der Waals surface area contributed by atoms with Crippen LogP contribution in [0.3, 0.4) is 0 Å². The third kappa shape index (κ3) is 6.48. The second-order valence-electron chi connectivity index (χ2n) is 10.2. The molecule has 0 atom stereocenters. The fourth-order valence-electron chi connectivity index (χ4n) is 3.67. The number of anilines is 2. The Labute approximate surface area is 221 Å². The quantitative estimate of drug-likeness (QED) is 0.309. The van der Waals surface area contributed by atoms with Gasteiger partial charge in [0, 0.05) is 42.5 Å². The summed E-state index contributed by atoms with van der Waals surface area (Å²) in [6.07, 6.45) is 1.76. The number of likely N-dealkylation sites (N-methyl/N-ethyl adjacent to an activating group) is 1. The molecule has 3 heterocycles. The van der Waals surface area contributed by atoms with Crippen molar-refractivity contribution in [2.75, 3.05) is 37.8 Å². The zero-order valence-electron chi connectivity index (χ0n) is 22.5. The van der Waals surface area contributed by atoms with E-state index in [1.165, 1.54) is 0 Å². The topological polar surface area (TPSA) is 126 Å². The predicted octanol–water partition coefficient (Wildman–Crippen LogP) is 4.66. The summed E-state index contributed by atoms with van der Waals surface area (Å²) in [6, 6.07) is 11.8. The van der Waals surface area contributed by atoms with Crippen molar-refractivity contribution >= 4 is 29.1 Å². The van der Waals surface area contributed by atoms with E-state index in [1.807, 2.05) is 46.7 Å². The number of carbonyl (C=O) groups is 2. The maximum absolute atomic E-state index is 12.7. The molecule has 0 saturated carbocycles. The molecule has 4 aromatic rings. The lowest BCUT2D eigenvalue weighted by Crippen LogP contribution is -2.32. The van der Waals surface area contributed by atoms with E-state index in [9.17, 15) is 9.59 Å². The van der Waals surface area contributed by atoms with Gasteiger partial charge in [0.05, 0.1) is 5.69 Å². The van der Waals surface area contributed by atoms with Gasteiger partial charge in [0.1, 0.15) is 28.6 Å². The van der Waals surface area contributed by atoms with Crippen molar-refractivity contribution < 1.29 is 18.8 Å². The molecular weight excluding hydrogens is 486 g/mol. The van der Waals surface area contributed by atoms with Gasteiger partial charge in [0.2, 0.25) is 0 Å². The Morgan fingerprint density at radius 1 is 1.05 bits per heavy atom. The lowest BCUT2D eigenvalue weighted by Gasteiger charge is -2.12.